The fraction of sp³-hybridized carbons (Fsp3) is 0.118. The molecule has 25 heavy (non-hydrogen) atoms. The van der Waals surface area contributed by atoms with Crippen molar-refractivity contribution in [1.82, 2.24) is 14.8 Å². The number of nitrogens with one attached hydrogen (secondary N) is 2. The molecule has 0 atom stereocenters. The van der Waals surface area contributed by atoms with Gasteiger partial charge in [-0.15, -0.1) is 0 Å². The van der Waals surface area contributed by atoms with Crippen LogP contribution in [-0.2, 0) is 17.8 Å². The number of carbonyl (C=O) groups excluding carboxylic acids is 1. The van der Waals surface area contributed by atoms with E-state index in [0.29, 0.717) is 17.1 Å². The average Bonchev–Trinajstić information content (AvgIpc) is 2.88. The lowest BCUT2D eigenvalue weighted by Crippen LogP contribution is -2.18. The lowest BCUT2D eigenvalue weighted by atomic mass is 10.2. The molecule has 0 aliphatic carbocycles. The maximum atomic E-state index is 13.2. The Bertz CT molecular complexity index is 933. The number of halogens is 2. The first-order valence-corrected chi connectivity index (χ1v) is 7.86. The number of hydrogen-bond acceptors (Lipinski definition) is 3. The van der Waals surface area contributed by atoms with Crippen LogP contribution >= 0.6 is 12.2 Å². The summed E-state index contributed by atoms with van der Waals surface area (Å²) in [4.78, 5) is 12.2. The summed E-state index contributed by atoms with van der Waals surface area (Å²) in [6.45, 7) is 0.466. The van der Waals surface area contributed by atoms with Gasteiger partial charge in [-0.05, 0) is 29.9 Å². The van der Waals surface area contributed by atoms with Crippen LogP contribution in [0.1, 0.15) is 11.4 Å². The van der Waals surface area contributed by atoms with Crippen LogP contribution in [0.2, 0.25) is 0 Å². The Hall–Kier alpha value is -2.87. The number of benzene rings is 2. The van der Waals surface area contributed by atoms with Crippen molar-refractivity contribution >= 4 is 23.8 Å². The molecule has 1 heterocycles. The first kappa shape index (κ1) is 17.0. The normalized spacial score (nSPS) is 10.6. The number of rotatable bonds is 5. The first-order valence-electron chi connectivity index (χ1n) is 7.45. The molecule has 0 saturated carbocycles. The van der Waals surface area contributed by atoms with Crippen LogP contribution < -0.4 is 5.32 Å². The molecule has 0 spiro atoms. The van der Waals surface area contributed by atoms with Gasteiger partial charge in [0.15, 0.2) is 4.77 Å². The highest BCUT2D eigenvalue weighted by Gasteiger charge is 2.13. The third-order valence-electron chi connectivity index (χ3n) is 3.49. The van der Waals surface area contributed by atoms with Crippen LogP contribution in [0.25, 0.3) is 0 Å². The number of amides is 1. The van der Waals surface area contributed by atoms with Crippen molar-refractivity contribution in [2.24, 2.45) is 0 Å². The summed E-state index contributed by atoms with van der Waals surface area (Å²) in [5, 5.41) is 9.18. The summed E-state index contributed by atoms with van der Waals surface area (Å²) in [6.07, 6.45) is -0.0852. The molecule has 0 unspecified atom stereocenters. The topological polar surface area (TPSA) is 62.7 Å². The minimum Gasteiger partial charge on any atom is -0.325 e. The summed E-state index contributed by atoms with van der Waals surface area (Å²) in [7, 11) is 0. The molecule has 1 amide bonds. The third kappa shape index (κ3) is 4.36. The molecule has 0 radical (unpaired) electrons. The molecule has 3 aromatic rings. The van der Waals surface area contributed by atoms with Crippen molar-refractivity contribution in [2.75, 3.05) is 5.32 Å². The first-order chi connectivity index (χ1) is 12.0. The highest BCUT2D eigenvalue weighted by molar-refractivity contribution is 7.71. The minimum absolute atomic E-state index is 0.0474. The summed E-state index contributed by atoms with van der Waals surface area (Å²) >= 11 is 5.20. The fourth-order valence-electron chi connectivity index (χ4n) is 2.39. The van der Waals surface area contributed by atoms with Gasteiger partial charge in [-0.1, -0.05) is 30.3 Å². The second kappa shape index (κ2) is 7.35. The van der Waals surface area contributed by atoms with E-state index in [-0.39, 0.29) is 12.1 Å². The van der Waals surface area contributed by atoms with Crippen LogP contribution in [0.15, 0.2) is 48.5 Å². The van der Waals surface area contributed by atoms with Crippen molar-refractivity contribution < 1.29 is 13.6 Å². The molecule has 128 valence electrons. The lowest BCUT2D eigenvalue weighted by Gasteiger charge is -2.08. The van der Waals surface area contributed by atoms with E-state index in [9.17, 15) is 13.6 Å². The number of aromatic amines is 1. The van der Waals surface area contributed by atoms with Crippen molar-refractivity contribution in [3.05, 3.63) is 76.3 Å². The van der Waals surface area contributed by atoms with Crippen molar-refractivity contribution in [3.63, 3.8) is 0 Å². The molecule has 0 bridgehead atoms. The van der Waals surface area contributed by atoms with Crippen LogP contribution in [-0.4, -0.2) is 20.7 Å². The summed E-state index contributed by atoms with van der Waals surface area (Å²) < 4.78 is 28.5. The molecular formula is C17H14F2N4OS. The number of anilines is 1. The molecule has 5 nitrogen and oxygen atoms in total. The van der Waals surface area contributed by atoms with Crippen LogP contribution in [0.3, 0.4) is 0 Å². The summed E-state index contributed by atoms with van der Waals surface area (Å²) in [5.74, 6) is -1.54. The van der Waals surface area contributed by atoms with Gasteiger partial charge in [0, 0.05) is 11.8 Å². The number of carbonyl (C=O) groups is 1. The number of hydrogen-bond donors (Lipinski definition) is 2. The smallest absolute Gasteiger partial charge is 0.232 e. The zero-order valence-electron chi connectivity index (χ0n) is 13.0. The van der Waals surface area contributed by atoms with E-state index < -0.39 is 17.5 Å². The Morgan fingerprint density at radius 1 is 1.16 bits per heavy atom. The molecular weight excluding hydrogens is 346 g/mol. The Labute approximate surface area is 147 Å². The average molecular weight is 360 g/mol. The van der Waals surface area contributed by atoms with E-state index in [1.807, 2.05) is 30.3 Å². The molecule has 0 aliphatic heterocycles. The van der Waals surface area contributed by atoms with Gasteiger partial charge in [-0.2, -0.15) is 5.10 Å². The molecule has 3 rings (SSSR count). The Kier molecular flexibility index (Phi) is 4.99. The summed E-state index contributed by atoms with van der Waals surface area (Å²) in [5.41, 5.74) is 1.06. The molecule has 0 fully saturated rings. The highest BCUT2D eigenvalue weighted by atomic mass is 32.1. The van der Waals surface area contributed by atoms with Crippen molar-refractivity contribution in [2.45, 2.75) is 13.0 Å². The quantitative estimate of drug-likeness (QED) is 0.685. The van der Waals surface area contributed by atoms with Gasteiger partial charge in [0.05, 0.1) is 13.0 Å². The Morgan fingerprint density at radius 2 is 1.84 bits per heavy atom. The van der Waals surface area contributed by atoms with Gasteiger partial charge in [-0.3, -0.25) is 14.5 Å². The lowest BCUT2D eigenvalue weighted by molar-refractivity contribution is -0.115. The molecule has 2 N–H and O–H groups in total. The Morgan fingerprint density at radius 3 is 2.52 bits per heavy atom. The van der Waals surface area contributed by atoms with E-state index in [1.54, 1.807) is 4.57 Å². The van der Waals surface area contributed by atoms with Gasteiger partial charge in [0.2, 0.25) is 5.91 Å². The second-order valence-electron chi connectivity index (χ2n) is 5.40. The van der Waals surface area contributed by atoms with Gasteiger partial charge >= 0.3 is 0 Å². The molecule has 2 aromatic carbocycles. The Balaban J connectivity index is 1.74. The molecule has 0 saturated heterocycles. The predicted molar refractivity (Wildman–Crippen MR) is 91.6 cm³/mol. The predicted octanol–water partition coefficient (Wildman–Crippen LogP) is 3.45. The minimum atomic E-state index is -0.762. The SMILES string of the molecule is O=C(Cc1n[nH]c(=S)n1Cc1ccccc1)Nc1cc(F)cc(F)c1. The monoisotopic (exact) mass is 360 g/mol. The highest BCUT2D eigenvalue weighted by Crippen LogP contribution is 2.13. The van der Waals surface area contributed by atoms with Crippen molar-refractivity contribution in [3.8, 4) is 0 Å². The number of H-pyrrole nitrogens is 1. The van der Waals surface area contributed by atoms with Gasteiger partial charge < -0.3 is 5.32 Å². The van der Waals surface area contributed by atoms with E-state index >= 15 is 0 Å². The second-order valence-corrected chi connectivity index (χ2v) is 5.79. The van der Waals surface area contributed by atoms with E-state index in [2.05, 4.69) is 15.5 Å². The van der Waals surface area contributed by atoms with Crippen molar-refractivity contribution in [1.29, 1.82) is 0 Å². The van der Waals surface area contributed by atoms with E-state index in [1.165, 1.54) is 0 Å². The molecule has 1 aromatic heterocycles. The zero-order chi connectivity index (χ0) is 17.8. The maximum absolute atomic E-state index is 13.2. The van der Waals surface area contributed by atoms with Crippen LogP contribution in [0.5, 0.6) is 0 Å². The zero-order valence-corrected chi connectivity index (χ0v) is 13.8. The molecule has 0 aliphatic rings. The van der Waals surface area contributed by atoms with Gasteiger partial charge in [0.1, 0.15) is 17.5 Å². The van der Waals surface area contributed by atoms with Crippen LogP contribution in [0, 0.1) is 16.4 Å². The van der Waals surface area contributed by atoms with Gasteiger partial charge in [0.25, 0.3) is 0 Å². The largest absolute Gasteiger partial charge is 0.325 e. The van der Waals surface area contributed by atoms with E-state index in [4.69, 9.17) is 12.2 Å². The third-order valence-corrected chi connectivity index (χ3v) is 3.80. The fourth-order valence-corrected chi connectivity index (χ4v) is 2.60. The molecule has 8 heteroatoms. The maximum Gasteiger partial charge on any atom is 0.232 e. The van der Waals surface area contributed by atoms with Gasteiger partial charge in [-0.25, -0.2) is 8.78 Å². The summed E-state index contributed by atoms with van der Waals surface area (Å²) in [6, 6.07) is 12.4. The standard InChI is InChI=1S/C17H14F2N4OS/c18-12-6-13(19)8-14(7-12)20-16(24)9-15-21-22-17(25)23(15)10-11-4-2-1-3-5-11/h1-8H,9-10H2,(H,20,24)(H,22,25). The van der Waals surface area contributed by atoms with E-state index in [0.717, 1.165) is 23.8 Å². The number of aromatic nitrogens is 3. The van der Waals surface area contributed by atoms with Crippen LogP contribution in [0.4, 0.5) is 14.5 Å². The number of nitrogens with zero attached hydrogens (tertiary/aromatic N) is 2.